The number of nitrogens with zero attached hydrogens (tertiary/aromatic N) is 28. The molecule has 5 N–H and O–H groups in total. The van der Waals surface area contributed by atoms with E-state index >= 15 is 0 Å². The van der Waals surface area contributed by atoms with E-state index in [1.807, 2.05) is 74.5 Å². The fraction of sp³-hybridized carbons (Fsp3) is 0.543. The van der Waals surface area contributed by atoms with Gasteiger partial charge in [-0.15, -0.1) is 0 Å². The number of carbonyl (C=O) groups excluding carboxylic acids is 2. The number of rotatable bonds is 15. The molecule has 740 valence electrons. The Morgan fingerprint density at radius 3 is 1.33 bits per heavy atom. The lowest BCUT2D eigenvalue weighted by atomic mass is 9.67. The summed E-state index contributed by atoms with van der Waals surface area (Å²) in [5.74, 6) is 7.54. The zero-order valence-electron chi connectivity index (χ0n) is 82.4. The second kappa shape index (κ2) is 40.0. The minimum Gasteiger partial charge on any atom is -0.439 e. The highest BCUT2D eigenvalue weighted by atomic mass is 16.4. The number of anilines is 12. The molecule has 141 heavy (non-hydrogen) atoms. The lowest BCUT2D eigenvalue weighted by molar-refractivity contribution is 0.0803. The number of piperazine rings is 4. The van der Waals surface area contributed by atoms with E-state index < -0.39 is 0 Å². The third kappa shape index (κ3) is 19.1. The summed E-state index contributed by atoms with van der Waals surface area (Å²) in [6, 6.07) is 22.4. The monoisotopic (exact) mass is 1910 g/mol. The molecule has 21 heterocycles. The Labute approximate surface area is 824 Å². The molecule has 12 aliphatic rings. The molecular formula is C105H137N33O3. The van der Waals surface area contributed by atoms with Gasteiger partial charge in [0.2, 0.25) is 35.6 Å². The van der Waals surface area contributed by atoms with Crippen LogP contribution in [0.4, 0.5) is 75.8 Å². The van der Waals surface area contributed by atoms with Crippen molar-refractivity contribution in [1.82, 2.24) is 118 Å². The number of hydrogen-bond donors (Lipinski definition) is 5. The van der Waals surface area contributed by atoms with E-state index in [0.717, 1.165) is 302 Å². The van der Waals surface area contributed by atoms with Gasteiger partial charge in [0.1, 0.15) is 51.1 Å². The summed E-state index contributed by atoms with van der Waals surface area (Å²) in [5.41, 5.74) is 13.2. The number of hydrogen-bond acceptors (Lipinski definition) is 32. The van der Waals surface area contributed by atoms with E-state index in [1.54, 1.807) is 23.3 Å². The summed E-state index contributed by atoms with van der Waals surface area (Å²) in [6.45, 7) is 32.7. The maximum Gasteiger partial charge on any atom is 0.247 e. The van der Waals surface area contributed by atoms with Crippen LogP contribution in [0.1, 0.15) is 229 Å². The number of ketones is 1. The molecule has 4 saturated heterocycles. The minimum absolute atomic E-state index is 0. The Balaban J connectivity index is 0.000000111. The molecule has 8 aliphatic heterocycles. The van der Waals surface area contributed by atoms with Crippen LogP contribution < -0.4 is 46.2 Å². The van der Waals surface area contributed by atoms with Gasteiger partial charge < -0.3 is 59.3 Å². The number of Topliss-reactive ketones (excluding diaryl/α,β-unsaturated/α-hetero) is 1. The second-order valence-electron chi connectivity index (χ2n) is 41.6. The van der Waals surface area contributed by atoms with Crippen molar-refractivity contribution in [3.05, 3.63) is 133 Å². The predicted octanol–water partition coefficient (Wildman–Crippen LogP) is 17.0. The molecule has 0 atom stereocenters. The first kappa shape index (κ1) is 94.6. The first-order valence-corrected chi connectivity index (χ1v) is 51.7. The number of aromatic nitrogens is 19. The number of aliphatic imine (C=N–C) groups is 1. The van der Waals surface area contributed by atoms with Crippen LogP contribution in [0.15, 0.2) is 120 Å². The van der Waals surface area contributed by atoms with Crippen molar-refractivity contribution in [1.29, 1.82) is 0 Å². The fourth-order valence-corrected chi connectivity index (χ4v) is 24.1. The standard InChI is InChI=1S/C29H36N8O.C26H34N8O.C25H33N9.C24H30N8O.CH4/c1-19(2)35-11-13-36(14-12-35)22-7-8-25(30-18-22)33-28-31-17-21-15-24-26-23(32-20(3)38-26)16-29(9-5-4-6-10-29)37(24)27(21)34-28;1-18(2)32-12-14-33(15-13-32)19-6-7-21(27-16-19)29-25-28-17-20-23(30-25)24-26(9-4-3-5-10-26)11-8-22(35)34(24)31-20;1-18(2)32-12-14-33(15-13-32)19-6-7-21(27-16-19)30-23-28-17-20-22(31-23)34-24(29-20)26-11-10-25(34)8-4-3-5-9-25;1-30-9-11-31(12-10-30)18-5-6-21(25-15-18)28-23-26-14-17-13-19-20(33)16-27-24(7-3-2-4-8-24)32(19)22(17)29-23;/h7-8,15,17-19H,4-6,9-14,16H2,1-3H3,(H,30,31,33,34);6-7,16-18H,3-5,8-15H2,1-2H3,(H,27,29,30);6-7,11,16-18H,3-5,8-10,12-15H2,1-2H3,(H,27,28,30,31);5-6,13-15,27H,2-4,7-12,16H2,1H3,(H,25,26,28,29);1H4. The molecule has 8 fully saturated rings. The van der Waals surface area contributed by atoms with Crippen molar-refractivity contribution >= 4 is 138 Å². The van der Waals surface area contributed by atoms with E-state index in [4.69, 9.17) is 39.3 Å². The number of likely N-dealkylation sites (N-methyl/N-ethyl adjacent to an activating group) is 1. The number of aryl methyl sites for hydroxylation is 1. The average molecular weight is 1910 g/mol. The van der Waals surface area contributed by atoms with Crippen LogP contribution in [0, 0.1) is 6.92 Å². The van der Waals surface area contributed by atoms with Gasteiger partial charge >= 0.3 is 0 Å². The van der Waals surface area contributed by atoms with Gasteiger partial charge in [-0.25, -0.2) is 64.5 Å². The van der Waals surface area contributed by atoms with Crippen LogP contribution in [0.2, 0.25) is 0 Å². The van der Waals surface area contributed by atoms with E-state index in [1.165, 1.54) is 64.2 Å². The van der Waals surface area contributed by atoms with Crippen molar-refractivity contribution < 1.29 is 14.0 Å². The Morgan fingerprint density at radius 2 is 0.851 bits per heavy atom. The number of oxazole rings is 1. The highest BCUT2D eigenvalue weighted by Crippen LogP contribution is 2.52. The van der Waals surface area contributed by atoms with E-state index in [-0.39, 0.29) is 41.3 Å². The maximum atomic E-state index is 12.7. The smallest absolute Gasteiger partial charge is 0.247 e. The third-order valence-corrected chi connectivity index (χ3v) is 32.0. The summed E-state index contributed by atoms with van der Waals surface area (Å²) in [5, 5.41) is 23.2. The molecule has 13 aromatic heterocycles. The molecule has 4 saturated carbocycles. The van der Waals surface area contributed by atoms with Crippen molar-refractivity contribution in [2.24, 2.45) is 4.99 Å². The second-order valence-corrected chi connectivity index (χ2v) is 41.6. The number of carbonyl (C=O) groups is 2. The number of imidazole rings is 1. The van der Waals surface area contributed by atoms with Crippen LogP contribution >= 0.6 is 0 Å². The quantitative estimate of drug-likeness (QED) is 0.0636. The normalized spacial score (nSPS) is 20.0. The summed E-state index contributed by atoms with van der Waals surface area (Å²) >= 11 is 0. The van der Waals surface area contributed by atoms with Crippen molar-refractivity contribution in [2.45, 2.75) is 250 Å². The van der Waals surface area contributed by atoms with Gasteiger partial charge in [-0.3, -0.25) is 34.2 Å². The Hall–Kier alpha value is -12.6. The van der Waals surface area contributed by atoms with Gasteiger partial charge in [-0.1, -0.05) is 71.6 Å². The van der Waals surface area contributed by atoms with Gasteiger partial charge in [0.25, 0.3) is 0 Å². The van der Waals surface area contributed by atoms with Crippen molar-refractivity contribution in [2.75, 3.05) is 159 Å². The van der Waals surface area contributed by atoms with Crippen molar-refractivity contribution in [3.63, 3.8) is 0 Å². The molecule has 36 heteroatoms. The molecule has 0 aromatic carbocycles. The Kier molecular flexibility index (Phi) is 26.9. The van der Waals surface area contributed by atoms with Gasteiger partial charge in [-0.05, 0) is 180 Å². The SMILES string of the molecule is C.CC(C)N1CCN(c2ccc(Nc3ncc4nc5n(c4n3)C3(CC=N5)CCCCC3)nc2)CC1.CC(C)N1CCN(c2ccc(Nc3ncc4nn5c(c4n3)C3(CCCCC3)CCC5=O)nc2)CC1.CN1CCN(c2ccc(Nc3ncc4cc5n(c4n3)C3(CCCCC3)NCC5=O)nc2)CC1.Cc1nc2c(o1)-c1cc3cnc(Nc4ccc(N5CCN(C(C)C)CC5)cn4)nc3n1C1(CCCCC1)C2. The highest BCUT2D eigenvalue weighted by Gasteiger charge is 2.48. The minimum atomic E-state index is -0.225. The largest absolute Gasteiger partial charge is 0.439 e. The first-order chi connectivity index (χ1) is 68.2. The molecule has 36 nitrogen and oxygen atoms in total. The van der Waals surface area contributed by atoms with Crippen molar-refractivity contribution in [3.8, 4) is 11.5 Å². The Bertz CT molecular complexity index is 6620. The van der Waals surface area contributed by atoms with Crippen LogP contribution in [0.3, 0.4) is 0 Å². The first-order valence-electron chi connectivity index (χ1n) is 51.7. The topological polar surface area (TPSA) is 359 Å². The number of pyridine rings is 4. The summed E-state index contributed by atoms with van der Waals surface area (Å²) in [4.78, 5) is 115. The third-order valence-electron chi connectivity index (χ3n) is 32.0. The highest BCUT2D eigenvalue weighted by molar-refractivity contribution is 6.02. The molecule has 0 unspecified atom stereocenters. The molecule has 0 amide bonds. The maximum absolute atomic E-state index is 12.7. The lowest BCUT2D eigenvalue weighted by Gasteiger charge is -2.43. The lowest BCUT2D eigenvalue weighted by Crippen LogP contribution is -2.55. The number of nitrogens with one attached hydrogen (secondary N) is 5. The molecule has 4 spiro atoms. The van der Waals surface area contributed by atoms with Gasteiger partial charge in [0.15, 0.2) is 23.1 Å². The van der Waals surface area contributed by atoms with E-state index in [9.17, 15) is 9.59 Å². The van der Waals surface area contributed by atoms with Crippen LogP contribution in [0.5, 0.6) is 0 Å². The number of fused-ring (bicyclic) bond motifs is 18. The molecule has 25 rings (SSSR count). The molecule has 0 radical (unpaired) electrons. The van der Waals surface area contributed by atoms with Gasteiger partial charge in [0.05, 0.1) is 106 Å². The van der Waals surface area contributed by atoms with Crippen LogP contribution in [0.25, 0.3) is 55.7 Å². The van der Waals surface area contributed by atoms with Gasteiger partial charge in [0, 0.05) is 184 Å². The average Bonchev–Trinajstić information content (AvgIpc) is 1.56. The van der Waals surface area contributed by atoms with Crippen LogP contribution in [-0.4, -0.2) is 267 Å². The summed E-state index contributed by atoms with van der Waals surface area (Å²) < 4.78 is 14.6. The summed E-state index contributed by atoms with van der Waals surface area (Å²) in [7, 11) is 2.16. The van der Waals surface area contributed by atoms with E-state index in [0.29, 0.717) is 72.0 Å². The summed E-state index contributed by atoms with van der Waals surface area (Å²) in [6.07, 6.45) is 43.8. The van der Waals surface area contributed by atoms with Crippen LogP contribution in [-0.2, 0) is 28.6 Å². The molecule has 13 aromatic rings. The van der Waals surface area contributed by atoms with Gasteiger partial charge in [-0.2, -0.15) is 20.1 Å². The zero-order chi connectivity index (χ0) is 95.4. The predicted molar refractivity (Wildman–Crippen MR) is 556 cm³/mol. The fourth-order valence-electron chi connectivity index (χ4n) is 24.1. The Morgan fingerprint density at radius 1 is 0.418 bits per heavy atom. The molecule has 0 bridgehead atoms. The van der Waals surface area contributed by atoms with E-state index in [2.05, 4.69) is 203 Å². The molecule has 4 aliphatic carbocycles. The zero-order valence-corrected chi connectivity index (χ0v) is 82.4. The molecular weight excluding hydrogens is 1770 g/mol.